The van der Waals surface area contributed by atoms with Gasteiger partial charge in [-0.05, 0) is 31.8 Å². The molecule has 2 aliphatic heterocycles. The molecule has 0 aromatic carbocycles. The van der Waals surface area contributed by atoms with Gasteiger partial charge in [0.25, 0.3) is 0 Å². The maximum Gasteiger partial charge on any atom is 0.00340 e. The molecule has 0 aromatic heterocycles. The molecule has 2 saturated heterocycles. The zero-order valence-corrected chi connectivity index (χ0v) is 7.18. The molecule has 2 heteroatoms. The second-order valence-corrected chi connectivity index (χ2v) is 3.89. The van der Waals surface area contributed by atoms with Crippen LogP contribution in [0.4, 0.5) is 0 Å². The van der Waals surface area contributed by atoms with Crippen molar-refractivity contribution < 1.29 is 0 Å². The van der Waals surface area contributed by atoms with Gasteiger partial charge in [0.2, 0.25) is 0 Å². The number of piperidine rings is 1. The number of likely N-dealkylation sites (tertiary alicyclic amines) is 1. The lowest BCUT2D eigenvalue weighted by Crippen LogP contribution is -2.49. The molecule has 0 atom stereocenters. The second-order valence-electron chi connectivity index (χ2n) is 3.89. The highest BCUT2D eigenvalue weighted by atomic mass is 15.1. The van der Waals surface area contributed by atoms with Crippen molar-refractivity contribution in [1.82, 2.24) is 10.2 Å². The lowest BCUT2D eigenvalue weighted by molar-refractivity contribution is 0.167. The van der Waals surface area contributed by atoms with Crippen LogP contribution in [0, 0.1) is 5.92 Å². The molecule has 0 spiro atoms. The maximum absolute atomic E-state index is 3.32. The summed E-state index contributed by atoms with van der Waals surface area (Å²) in [5.41, 5.74) is 0. The van der Waals surface area contributed by atoms with Crippen molar-refractivity contribution in [2.75, 3.05) is 32.7 Å². The molecule has 2 aliphatic rings. The van der Waals surface area contributed by atoms with Gasteiger partial charge in [0.1, 0.15) is 0 Å². The standard InChI is InChI=1S/C9H18N2.CH4/c1-2-4-11(5-3-1)8-9-6-10-7-9;/h9-10H,1-8H2;1H4. The maximum atomic E-state index is 3.32. The molecule has 0 radical (unpaired) electrons. The van der Waals surface area contributed by atoms with E-state index in [0.717, 1.165) is 5.92 Å². The molecule has 72 valence electrons. The Morgan fingerprint density at radius 2 is 1.75 bits per heavy atom. The predicted octanol–water partition coefficient (Wildman–Crippen LogP) is 1.33. The quantitative estimate of drug-likeness (QED) is 0.672. The van der Waals surface area contributed by atoms with Gasteiger partial charge in [-0.1, -0.05) is 13.8 Å². The van der Waals surface area contributed by atoms with Gasteiger partial charge < -0.3 is 10.2 Å². The van der Waals surface area contributed by atoms with Crippen LogP contribution in [0.1, 0.15) is 26.7 Å². The minimum absolute atomic E-state index is 0. The van der Waals surface area contributed by atoms with E-state index < -0.39 is 0 Å². The first-order chi connectivity index (χ1) is 5.45. The van der Waals surface area contributed by atoms with Crippen LogP contribution in [0.5, 0.6) is 0 Å². The molecule has 2 nitrogen and oxygen atoms in total. The van der Waals surface area contributed by atoms with Crippen LogP contribution in [0.2, 0.25) is 0 Å². The van der Waals surface area contributed by atoms with E-state index in [1.54, 1.807) is 0 Å². The Morgan fingerprint density at radius 1 is 1.08 bits per heavy atom. The van der Waals surface area contributed by atoms with Crippen LogP contribution in [0.15, 0.2) is 0 Å². The monoisotopic (exact) mass is 170 g/mol. The van der Waals surface area contributed by atoms with Gasteiger partial charge in [-0.15, -0.1) is 0 Å². The van der Waals surface area contributed by atoms with Crippen LogP contribution in [-0.4, -0.2) is 37.6 Å². The van der Waals surface area contributed by atoms with E-state index in [4.69, 9.17) is 0 Å². The van der Waals surface area contributed by atoms with Crippen LogP contribution in [0.25, 0.3) is 0 Å². The van der Waals surface area contributed by atoms with Crippen LogP contribution in [-0.2, 0) is 0 Å². The zero-order chi connectivity index (χ0) is 7.52. The first-order valence-corrected chi connectivity index (χ1v) is 4.88. The molecular formula is C10H22N2. The SMILES string of the molecule is C.C1CCN(CC2CNC2)CC1. The Hall–Kier alpha value is -0.0800. The van der Waals surface area contributed by atoms with Gasteiger partial charge in [0, 0.05) is 19.6 Å². The second kappa shape index (κ2) is 4.83. The van der Waals surface area contributed by atoms with Crippen LogP contribution >= 0.6 is 0 Å². The minimum atomic E-state index is 0. The number of hydrogen-bond acceptors (Lipinski definition) is 2. The van der Waals surface area contributed by atoms with E-state index in [9.17, 15) is 0 Å². The summed E-state index contributed by atoms with van der Waals surface area (Å²) in [6.45, 7) is 6.59. The summed E-state index contributed by atoms with van der Waals surface area (Å²) in [6, 6.07) is 0. The van der Waals surface area contributed by atoms with Gasteiger partial charge in [-0.2, -0.15) is 0 Å². The molecule has 0 bridgehead atoms. The first-order valence-electron chi connectivity index (χ1n) is 4.88. The van der Waals surface area contributed by atoms with Gasteiger partial charge in [-0.3, -0.25) is 0 Å². The lowest BCUT2D eigenvalue weighted by atomic mass is 10.0. The fourth-order valence-electron chi connectivity index (χ4n) is 1.98. The molecule has 12 heavy (non-hydrogen) atoms. The summed E-state index contributed by atoms with van der Waals surface area (Å²) in [7, 11) is 0. The van der Waals surface area contributed by atoms with Crippen molar-refractivity contribution in [3.05, 3.63) is 0 Å². The highest BCUT2D eigenvalue weighted by Crippen LogP contribution is 2.12. The first kappa shape index (κ1) is 10.0. The Bertz CT molecular complexity index is 115. The van der Waals surface area contributed by atoms with E-state index in [1.807, 2.05) is 0 Å². The molecule has 2 fully saturated rings. The number of nitrogens with one attached hydrogen (secondary N) is 1. The average Bonchev–Trinajstić information content (AvgIpc) is 1.99. The third-order valence-corrected chi connectivity index (χ3v) is 2.83. The van der Waals surface area contributed by atoms with Crippen molar-refractivity contribution in [1.29, 1.82) is 0 Å². The largest absolute Gasteiger partial charge is 0.316 e. The van der Waals surface area contributed by atoms with Gasteiger partial charge in [-0.25, -0.2) is 0 Å². The Morgan fingerprint density at radius 3 is 2.25 bits per heavy atom. The summed E-state index contributed by atoms with van der Waals surface area (Å²) in [6.07, 6.45) is 4.32. The van der Waals surface area contributed by atoms with E-state index >= 15 is 0 Å². The summed E-state index contributed by atoms with van der Waals surface area (Å²) in [5, 5.41) is 3.32. The molecule has 0 amide bonds. The van der Waals surface area contributed by atoms with E-state index in [0.29, 0.717) is 0 Å². The van der Waals surface area contributed by atoms with Crippen molar-refractivity contribution >= 4 is 0 Å². The highest BCUT2D eigenvalue weighted by molar-refractivity contribution is 4.79. The number of hydrogen-bond donors (Lipinski definition) is 1. The van der Waals surface area contributed by atoms with Crippen LogP contribution in [0.3, 0.4) is 0 Å². The van der Waals surface area contributed by atoms with Gasteiger partial charge >= 0.3 is 0 Å². The molecule has 0 aliphatic carbocycles. The van der Waals surface area contributed by atoms with Crippen molar-refractivity contribution in [2.24, 2.45) is 5.92 Å². The summed E-state index contributed by atoms with van der Waals surface area (Å²) in [4.78, 5) is 2.63. The number of nitrogens with zero attached hydrogens (tertiary/aromatic N) is 1. The van der Waals surface area contributed by atoms with Crippen molar-refractivity contribution in [2.45, 2.75) is 26.7 Å². The van der Waals surface area contributed by atoms with E-state index in [-0.39, 0.29) is 7.43 Å². The predicted molar refractivity (Wildman–Crippen MR) is 53.4 cm³/mol. The van der Waals surface area contributed by atoms with Gasteiger partial charge in [0.15, 0.2) is 0 Å². The highest BCUT2D eigenvalue weighted by Gasteiger charge is 2.20. The summed E-state index contributed by atoms with van der Waals surface area (Å²) < 4.78 is 0. The van der Waals surface area contributed by atoms with Crippen molar-refractivity contribution in [3.63, 3.8) is 0 Å². The normalized spacial score (nSPS) is 26.0. The topological polar surface area (TPSA) is 15.3 Å². The molecule has 1 N–H and O–H groups in total. The zero-order valence-electron chi connectivity index (χ0n) is 7.18. The van der Waals surface area contributed by atoms with Crippen molar-refractivity contribution in [3.8, 4) is 0 Å². The molecule has 0 saturated carbocycles. The van der Waals surface area contributed by atoms with Crippen LogP contribution < -0.4 is 5.32 Å². The third kappa shape index (κ3) is 2.46. The fraction of sp³-hybridized carbons (Fsp3) is 1.00. The molecule has 2 rings (SSSR count). The third-order valence-electron chi connectivity index (χ3n) is 2.83. The number of rotatable bonds is 2. The summed E-state index contributed by atoms with van der Waals surface area (Å²) >= 11 is 0. The molecule has 0 aromatic rings. The fourth-order valence-corrected chi connectivity index (χ4v) is 1.98. The Kier molecular flexibility index (Phi) is 4.02. The Balaban J connectivity index is 0.000000720. The average molecular weight is 170 g/mol. The Labute approximate surface area is 76.3 Å². The summed E-state index contributed by atoms with van der Waals surface area (Å²) in [5.74, 6) is 0.966. The van der Waals surface area contributed by atoms with Gasteiger partial charge in [0.05, 0.1) is 0 Å². The molecular weight excluding hydrogens is 148 g/mol. The molecule has 0 unspecified atom stereocenters. The lowest BCUT2D eigenvalue weighted by Gasteiger charge is -2.35. The minimum Gasteiger partial charge on any atom is -0.316 e. The molecule has 2 heterocycles. The van der Waals surface area contributed by atoms with E-state index in [1.165, 1.54) is 52.0 Å². The smallest absolute Gasteiger partial charge is 0.00340 e. The van der Waals surface area contributed by atoms with E-state index in [2.05, 4.69) is 10.2 Å².